The highest BCUT2D eigenvalue weighted by atomic mass is 35.5. The van der Waals surface area contributed by atoms with Crippen LogP contribution < -0.4 is 0 Å². The summed E-state index contributed by atoms with van der Waals surface area (Å²) in [6.07, 6.45) is 2.39. The Morgan fingerprint density at radius 3 is 2.53 bits per heavy atom. The minimum atomic E-state index is -0.627. The van der Waals surface area contributed by atoms with Gasteiger partial charge in [0, 0.05) is 17.9 Å². The molecule has 0 bridgehead atoms. The molecule has 0 fully saturated rings. The van der Waals surface area contributed by atoms with Crippen molar-refractivity contribution in [2.45, 2.75) is 26.9 Å². The van der Waals surface area contributed by atoms with E-state index in [9.17, 15) is 9.90 Å². The van der Waals surface area contributed by atoms with E-state index in [0.717, 1.165) is 0 Å². The molecule has 0 aromatic carbocycles. The predicted octanol–water partition coefficient (Wildman–Crippen LogP) is 1.98. The van der Waals surface area contributed by atoms with Gasteiger partial charge in [-0.05, 0) is 12.8 Å². The second-order valence-corrected chi connectivity index (χ2v) is 3.96. The molecular weight excluding hydrogens is 216 g/mol. The van der Waals surface area contributed by atoms with Crippen molar-refractivity contribution in [2.24, 2.45) is 11.8 Å². The smallest absolute Gasteiger partial charge is 0.330 e. The van der Waals surface area contributed by atoms with Gasteiger partial charge in [-0.2, -0.15) is 0 Å². The van der Waals surface area contributed by atoms with Crippen molar-refractivity contribution in [3.8, 4) is 0 Å². The summed E-state index contributed by atoms with van der Waals surface area (Å²) in [6.45, 7) is 6.04. The van der Waals surface area contributed by atoms with Crippen LogP contribution in [-0.4, -0.2) is 29.7 Å². The lowest BCUT2D eigenvalue weighted by molar-refractivity contribution is -0.137. The maximum Gasteiger partial charge on any atom is 0.330 e. The van der Waals surface area contributed by atoms with Gasteiger partial charge in [0.25, 0.3) is 0 Å². The van der Waals surface area contributed by atoms with Crippen LogP contribution in [0.5, 0.6) is 0 Å². The zero-order valence-electron chi connectivity index (χ0n) is 9.44. The van der Waals surface area contributed by atoms with Gasteiger partial charge in [0.1, 0.15) is 0 Å². The third kappa shape index (κ3) is 5.80. The summed E-state index contributed by atoms with van der Waals surface area (Å²) in [5, 5.41) is 9.60. The number of aliphatic hydroxyl groups is 1. The van der Waals surface area contributed by atoms with Gasteiger partial charge >= 0.3 is 5.97 Å². The lowest BCUT2D eigenvalue weighted by Gasteiger charge is -2.21. The summed E-state index contributed by atoms with van der Waals surface area (Å²) in [6, 6.07) is 0. The van der Waals surface area contributed by atoms with Gasteiger partial charge in [0.2, 0.25) is 0 Å². The van der Waals surface area contributed by atoms with E-state index in [2.05, 4.69) is 0 Å². The summed E-state index contributed by atoms with van der Waals surface area (Å²) in [5.41, 5.74) is 0. The fourth-order valence-electron chi connectivity index (χ4n) is 1.28. The zero-order valence-corrected chi connectivity index (χ0v) is 10.2. The van der Waals surface area contributed by atoms with Crippen LogP contribution in [0.3, 0.4) is 0 Å². The molecule has 0 spiro atoms. The molecule has 0 aliphatic rings. The number of aliphatic hydroxyl groups excluding tert-OH is 1. The van der Waals surface area contributed by atoms with Gasteiger partial charge in [-0.3, -0.25) is 0 Å². The van der Waals surface area contributed by atoms with E-state index >= 15 is 0 Å². The number of carbonyl (C=O) groups excluding carboxylic acids is 1. The maximum absolute atomic E-state index is 11.1. The van der Waals surface area contributed by atoms with Crippen molar-refractivity contribution in [3.63, 3.8) is 0 Å². The number of alkyl halides is 1. The lowest BCUT2D eigenvalue weighted by Crippen LogP contribution is -2.25. The Balaban J connectivity index is 4.34. The molecule has 15 heavy (non-hydrogen) atoms. The molecule has 88 valence electrons. The number of hydrogen-bond donors (Lipinski definition) is 1. The van der Waals surface area contributed by atoms with Crippen LogP contribution in [0, 0.1) is 11.8 Å². The summed E-state index contributed by atoms with van der Waals surface area (Å²) in [5.74, 6) is -0.114. The van der Waals surface area contributed by atoms with Crippen LogP contribution in [0.4, 0.5) is 0 Å². The van der Waals surface area contributed by atoms with Gasteiger partial charge < -0.3 is 9.84 Å². The van der Waals surface area contributed by atoms with E-state index in [1.165, 1.54) is 6.08 Å². The largest absolute Gasteiger partial charge is 0.463 e. The molecule has 2 atom stereocenters. The molecule has 0 saturated carbocycles. The molecule has 0 amide bonds. The first kappa shape index (κ1) is 14.5. The second-order valence-electron chi connectivity index (χ2n) is 3.65. The van der Waals surface area contributed by atoms with Gasteiger partial charge in [0.15, 0.2) is 0 Å². The van der Waals surface area contributed by atoms with Crippen LogP contribution in [0.2, 0.25) is 0 Å². The summed E-state index contributed by atoms with van der Waals surface area (Å²) < 4.78 is 4.75. The molecule has 1 unspecified atom stereocenters. The Kier molecular flexibility index (Phi) is 7.44. The van der Waals surface area contributed by atoms with E-state index < -0.39 is 6.10 Å². The zero-order chi connectivity index (χ0) is 11.8. The molecule has 0 rings (SSSR count). The number of esters is 1. The van der Waals surface area contributed by atoms with Crippen LogP contribution in [-0.2, 0) is 9.53 Å². The second kappa shape index (κ2) is 7.71. The van der Waals surface area contributed by atoms with Crippen molar-refractivity contribution in [2.75, 3.05) is 12.5 Å². The number of halogens is 1. The summed E-state index contributed by atoms with van der Waals surface area (Å²) in [7, 11) is 0. The fourth-order valence-corrected chi connectivity index (χ4v) is 1.48. The number of ether oxygens (including phenoxy) is 1. The molecule has 4 heteroatoms. The lowest BCUT2D eigenvalue weighted by atomic mass is 9.90. The first-order valence-corrected chi connectivity index (χ1v) is 5.65. The van der Waals surface area contributed by atoms with E-state index in [4.69, 9.17) is 16.3 Å². The topological polar surface area (TPSA) is 46.5 Å². The Hall–Kier alpha value is -0.540. The Labute approximate surface area is 96.1 Å². The van der Waals surface area contributed by atoms with Crippen LogP contribution >= 0.6 is 11.6 Å². The van der Waals surface area contributed by atoms with Crippen molar-refractivity contribution < 1.29 is 14.6 Å². The monoisotopic (exact) mass is 234 g/mol. The van der Waals surface area contributed by atoms with Crippen LogP contribution in [0.25, 0.3) is 0 Å². The molecule has 0 aliphatic carbocycles. The van der Waals surface area contributed by atoms with Gasteiger partial charge in [-0.1, -0.05) is 19.9 Å². The molecule has 1 N–H and O–H groups in total. The Bertz CT molecular complexity index is 214. The average molecular weight is 235 g/mol. The number of rotatable bonds is 6. The van der Waals surface area contributed by atoms with Gasteiger partial charge in [-0.15, -0.1) is 11.6 Å². The third-order valence-electron chi connectivity index (χ3n) is 2.11. The maximum atomic E-state index is 11.1. The Morgan fingerprint density at radius 1 is 1.53 bits per heavy atom. The highest BCUT2D eigenvalue weighted by molar-refractivity contribution is 6.18. The molecule has 0 radical (unpaired) electrons. The SMILES string of the molecule is CCOC(=O)C=CC(C(C)C)[C@@H](O)CCl. The van der Waals surface area contributed by atoms with Crippen LogP contribution in [0.15, 0.2) is 12.2 Å². The minimum Gasteiger partial charge on any atom is -0.463 e. The van der Waals surface area contributed by atoms with Crippen molar-refractivity contribution in [3.05, 3.63) is 12.2 Å². The third-order valence-corrected chi connectivity index (χ3v) is 2.43. The van der Waals surface area contributed by atoms with E-state index in [1.807, 2.05) is 13.8 Å². The predicted molar refractivity (Wildman–Crippen MR) is 60.8 cm³/mol. The molecule has 0 heterocycles. The molecular formula is C11H19ClO3. The number of carbonyl (C=O) groups is 1. The van der Waals surface area contributed by atoms with Crippen molar-refractivity contribution in [1.82, 2.24) is 0 Å². The van der Waals surface area contributed by atoms with E-state index in [0.29, 0.717) is 6.61 Å². The molecule has 0 aromatic heterocycles. The first-order chi connectivity index (χ1) is 7.02. The van der Waals surface area contributed by atoms with E-state index in [1.54, 1.807) is 13.0 Å². The summed E-state index contributed by atoms with van der Waals surface area (Å²) in [4.78, 5) is 11.1. The highest BCUT2D eigenvalue weighted by Gasteiger charge is 2.19. The minimum absolute atomic E-state index is 0.119. The van der Waals surface area contributed by atoms with Crippen LogP contribution in [0.1, 0.15) is 20.8 Å². The summed E-state index contributed by atoms with van der Waals surface area (Å²) >= 11 is 5.57. The normalized spacial score (nSPS) is 15.6. The van der Waals surface area contributed by atoms with Gasteiger partial charge in [0.05, 0.1) is 12.7 Å². The molecule has 0 aromatic rings. The molecule has 3 nitrogen and oxygen atoms in total. The Morgan fingerprint density at radius 2 is 2.13 bits per heavy atom. The quantitative estimate of drug-likeness (QED) is 0.434. The number of hydrogen-bond acceptors (Lipinski definition) is 3. The first-order valence-electron chi connectivity index (χ1n) is 5.11. The highest BCUT2D eigenvalue weighted by Crippen LogP contribution is 2.18. The standard InChI is InChI=1S/C11H19ClO3/c1-4-15-11(14)6-5-9(8(2)3)10(13)7-12/h5-6,8-10,13H,4,7H2,1-3H3/t9?,10-/m0/s1. The fraction of sp³-hybridized carbons (Fsp3) is 0.727. The van der Waals surface area contributed by atoms with E-state index in [-0.39, 0.29) is 23.7 Å². The van der Waals surface area contributed by atoms with Crippen molar-refractivity contribution >= 4 is 17.6 Å². The molecule has 0 saturated heterocycles. The average Bonchev–Trinajstić information content (AvgIpc) is 2.17. The van der Waals surface area contributed by atoms with Gasteiger partial charge in [-0.25, -0.2) is 4.79 Å². The van der Waals surface area contributed by atoms with Crippen molar-refractivity contribution in [1.29, 1.82) is 0 Å². The molecule has 0 aliphatic heterocycles.